The van der Waals surface area contributed by atoms with Gasteiger partial charge in [-0.15, -0.1) is 0 Å². The predicted molar refractivity (Wildman–Crippen MR) is 65.4 cm³/mol. The fraction of sp³-hybridized carbons (Fsp3) is 0.923. The Kier molecular flexibility index (Phi) is 4.22. The number of carbonyl (C=O) groups is 1. The maximum atomic E-state index is 11.9. The van der Waals surface area contributed by atoms with Gasteiger partial charge >= 0.3 is 6.09 Å². The fourth-order valence-corrected chi connectivity index (χ4v) is 2.25. The van der Waals surface area contributed by atoms with Gasteiger partial charge in [-0.3, -0.25) is 0 Å². The molecule has 1 heterocycles. The summed E-state index contributed by atoms with van der Waals surface area (Å²) in [5.41, 5.74) is -0.384. The minimum atomic E-state index is -0.384. The summed E-state index contributed by atoms with van der Waals surface area (Å²) >= 11 is 0. The third-order valence-corrected chi connectivity index (χ3v) is 3.11. The molecule has 0 aromatic rings. The number of carbonyl (C=O) groups excluding carboxylic acids is 1. The highest BCUT2D eigenvalue weighted by atomic mass is 16.6. The third-order valence-electron chi connectivity index (χ3n) is 3.11. The van der Waals surface area contributed by atoms with Gasteiger partial charge in [0.25, 0.3) is 0 Å². The molecule has 0 radical (unpaired) electrons. The van der Waals surface area contributed by atoms with Crippen molar-refractivity contribution in [2.45, 2.75) is 65.5 Å². The van der Waals surface area contributed by atoms with Crippen LogP contribution in [0.5, 0.6) is 0 Å². The predicted octanol–water partition coefficient (Wildman–Crippen LogP) is 3.43. The van der Waals surface area contributed by atoms with Crippen LogP contribution in [0.1, 0.15) is 53.9 Å². The average molecular weight is 227 g/mol. The summed E-state index contributed by atoms with van der Waals surface area (Å²) in [7, 11) is 0. The van der Waals surface area contributed by atoms with Crippen molar-refractivity contribution in [1.29, 1.82) is 0 Å². The Morgan fingerprint density at radius 3 is 2.44 bits per heavy atom. The summed E-state index contributed by atoms with van der Waals surface area (Å²) in [6.07, 6.45) is 3.23. The maximum absolute atomic E-state index is 11.9. The van der Waals surface area contributed by atoms with Gasteiger partial charge in [0.1, 0.15) is 5.60 Å². The Morgan fingerprint density at radius 2 is 2.00 bits per heavy atom. The van der Waals surface area contributed by atoms with Crippen molar-refractivity contribution in [3.63, 3.8) is 0 Å². The molecular formula is C13H25NO2. The molecule has 3 heteroatoms. The van der Waals surface area contributed by atoms with Gasteiger partial charge in [0.15, 0.2) is 0 Å². The molecule has 1 saturated heterocycles. The van der Waals surface area contributed by atoms with Gasteiger partial charge in [-0.1, -0.05) is 20.3 Å². The number of rotatable bonds is 3. The molecule has 0 aliphatic carbocycles. The van der Waals surface area contributed by atoms with Crippen LogP contribution in [-0.4, -0.2) is 29.2 Å². The first kappa shape index (κ1) is 13.3. The molecular weight excluding hydrogens is 202 g/mol. The molecule has 16 heavy (non-hydrogen) atoms. The van der Waals surface area contributed by atoms with Gasteiger partial charge in [0.05, 0.1) is 0 Å². The van der Waals surface area contributed by atoms with Crippen molar-refractivity contribution in [2.75, 3.05) is 6.54 Å². The lowest BCUT2D eigenvalue weighted by molar-refractivity contribution is -0.0332. The maximum Gasteiger partial charge on any atom is 0.410 e. The van der Waals surface area contributed by atoms with Crippen LogP contribution in [0, 0.1) is 5.92 Å². The van der Waals surface area contributed by atoms with E-state index in [4.69, 9.17) is 4.74 Å². The zero-order chi connectivity index (χ0) is 12.3. The van der Waals surface area contributed by atoms with Gasteiger partial charge in [-0.05, 0) is 39.5 Å². The highest BCUT2D eigenvalue weighted by molar-refractivity contribution is 5.69. The van der Waals surface area contributed by atoms with Crippen molar-refractivity contribution in [3.8, 4) is 0 Å². The van der Waals surface area contributed by atoms with Gasteiger partial charge < -0.3 is 9.64 Å². The molecule has 1 amide bonds. The summed E-state index contributed by atoms with van der Waals surface area (Å²) < 4.78 is 5.40. The molecule has 0 saturated carbocycles. The van der Waals surface area contributed by atoms with Gasteiger partial charge in [0.2, 0.25) is 0 Å². The number of likely N-dealkylation sites (tertiary alicyclic amines) is 1. The van der Waals surface area contributed by atoms with Crippen molar-refractivity contribution < 1.29 is 9.53 Å². The van der Waals surface area contributed by atoms with E-state index >= 15 is 0 Å². The lowest BCUT2D eigenvalue weighted by Crippen LogP contribution is -2.59. The summed E-state index contributed by atoms with van der Waals surface area (Å²) in [4.78, 5) is 13.8. The molecule has 94 valence electrons. The minimum absolute atomic E-state index is 0.143. The lowest BCUT2D eigenvalue weighted by Gasteiger charge is -2.48. The van der Waals surface area contributed by atoms with Crippen LogP contribution in [0.25, 0.3) is 0 Å². The Balaban J connectivity index is 2.51. The van der Waals surface area contributed by atoms with E-state index in [1.807, 2.05) is 25.7 Å². The first-order valence-electron chi connectivity index (χ1n) is 6.38. The minimum Gasteiger partial charge on any atom is -0.444 e. The van der Waals surface area contributed by atoms with E-state index in [2.05, 4.69) is 13.8 Å². The van der Waals surface area contributed by atoms with E-state index in [1.165, 1.54) is 0 Å². The van der Waals surface area contributed by atoms with E-state index in [-0.39, 0.29) is 11.7 Å². The zero-order valence-corrected chi connectivity index (χ0v) is 11.2. The highest BCUT2D eigenvalue weighted by Crippen LogP contribution is 2.32. The van der Waals surface area contributed by atoms with Crippen LogP contribution >= 0.6 is 0 Å². The van der Waals surface area contributed by atoms with Crippen molar-refractivity contribution in [1.82, 2.24) is 4.90 Å². The fourth-order valence-electron chi connectivity index (χ4n) is 2.25. The smallest absolute Gasteiger partial charge is 0.410 e. The Bertz CT molecular complexity index is 245. The van der Waals surface area contributed by atoms with Crippen LogP contribution in [-0.2, 0) is 4.74 Å². The van der Waals surface area contributed by atoms with Gasteiger partial charge in [0, 0.05) is 12.6 Å². The first-order valence-corrected chi connectivity index (χ1v) is 6.38. The van der Waals surface area contributed by atoms with Crippen molar-refractivity contribution in [2.24, 2.45) is 5.92 Å². The molecule has 0 aromatic carbocycles. The topological polar surface area (TPSA) is 29.5 Å². The Labute approximate surface area is 99.1 Å². The van der Waals surface area contributed by atoms with Gasteiger partial charge in [-0.2, -0.15) is 0 Å². The molecule has 0 bridgehead atoms. The van der Waals surface area contributed by atoms with Crippen molar-refractivity contribution in [3.05, 3.63) is 0 Å². The summed E-state index contributed by atoms with van der Waals surface area (Å²) in [5, 5.41) is 0. The average Bonchev–Trinajstić information content (AvgIpc) is 2.10. The molecule has 0 aromatic heterocycles. The number of nitrogens with zero attached hydrogens (tertiary/aromatic N) is 1. The third kappa shape index (κ3) is 3.13. The molecule has 1 aliphatic rings. The Morgan fingerprint density at radius 1 is 1.38 bits per heavy atom. The molecule has 0 spiro atoms. The highest BCUT2D eigenvalue weighted by Gasteiger charge is 2.41. The summed E-state index contributed by atoms with van der Waals surface area (Å²) in [6.45, 7) is 11.0. The lowest BCUT2D eigenvalue weighted by atomic mass is 9.84. The number of hydrogen-bond donors (Lipinski definition) is 0. The van der Waals surface area contributed by atoms with Crippen LogP contribution < -0.4 is 0 Å². The van der Waals surface area contributed by atoms with E-state index in [1.54, 1.807) is 0 Å². The zero-order valence-electron chi connectivity index (χ0n) is 11.2. The normalized spacial score (nSPS) is 25.2. The molecule has 1 aliphatic heterocycles. The summed E-state index contributed by atoms with van der Waals surface area (Å²) in [6, 6.07) is 0.407. The monoisotopic (exact) mass is 227 g/mol. The second-order valence-electron chi connectivity index (χ2n) is 5.66. The quantitative estimate of drug-likeness (QED) is 0.739. The van der Waals surface area contributed by atoms with E-state index in [0.717, 1.165) is 25.8 Å². The summed E-state index contributed by atoms with van der Waals surface area (Å²) in [5.74, 6) is 0.674. The molecule has 2 unspecified atom stereocenters. The standard InChI is InChI=1S/C13H25NO2/c1-6-8-11-10(7-2)9-14(11)12(15)16-13(3,4)5/h10-11H,6-9H2,1-5H3. The molecule has 1 rings (SSSR count). The number of amides is 1. The van der Waals surface area contributed by atoms with Crippen LogP contribution in [0.4, 0.5) is 4.79 Å². The van der Waals surface area contributed by atoms with E-state index in [0.29, 0.717) is 12.0 Å². The van der Waals surface area contributed by atoms with Gasteiger partial charge in [-0.25, -0.2) is 4.79 Å². The van der Waals surface area contributed by atoms with Crippen LogP contribution in [0.3, 0.4) is 0 Å². The second kappa shape index (κ2) is 5.07. The number of ether oxygens (including phenoxy) is 1. The molecule has 3 nitrogen and oxygen atoms in total. The SMILES string of the molecule is CCCC1C(CC)CN1C(=O)OC(C)(C)C. The van der Waals surface area contributed by atoms with Crippen LogP contribution in [0.2, 0.25) is 0 Å². The van der Waals surface area contributed by atoms with Crippen LogP contribution in [0.15, 0.2) is 0 Å². The first-order chi connectivity index (χ1) is 7.39. The van der Waals surface area contributed by atoms with E-state index < -0.39 is 0 Å². The van der Waals surface area contributed by atoms with E-state index in [9.17, 15) is 4.79 Å². The largest absolute Gasteiger partial charge is 0.444 e. The Hall–Kier alpha value is -0.730. The number of hydrogen-bond acceptors (Lipinski definition) is 2. The molecule has 0 N–H and O–H groups in total. The van der Waals surface area contributed by atoms with Crippen molar-refractivity contribution >= 4 is 6.09 Å². The molecule has 1 fully saturated rings. The second-order valence-corrected chi connectivity index (χ2v) is 5.66. The molecule has 2 atom stereocenters.